The Balaban J connectivity index is 2.86. The number of carbonyl (C=O) groups is 1. The number of hydrogen-bond donors (Lipinski definition) is 0. The Kier molecular flexibility index (Phi) is 4.59. The van der Waals surface area contributed by atoms with E-state index in [4.69, 9.17) is 11.6 Å². The molecule has 0 atom stereocenters. The van der Waals surface area contributed by atoms with Gasteiger partial charge in [0.15, 0.2) is 0 Å². The maximum absolute atomic E-state index is 10.8. The molecule has 1 heterocycles. The van der Waals surface area contributed by atoms with Crippen LogP contribution in [0.2, 0.25) is 5.15 Å². The average Bonchev–Trinajstić information content (AvgIpc) is 2.30. The zero-order valence-corrected chi connectivity index (χ0v) is 9.68. The number of pyridine rings is 1. The molecule has 0 fully saturated rings. The highest BCUT2D eigenvalue weighted by atomic mass is 35.5. The molecule has 1 aromatic rings. The summed E-state index contributed by atoms with van der Waals surface area (Å²) in [5.41, 5.74) is 0.219. The van der Waals surface area contributed by atoms with Crippen LogP contribution in [0.3, 0.4) is 0 Å². The van der Waals surface area contributed by atoms with Crippen LogP contribution in [0, 0.1) is 10.1 Å². The minimum Gasteiger partial charge on any atom is -0.469 e. The molecule has 0 saturated heterocycles. The third-order valence-electron chi connectivity index (χ3n) is 1.87. The third kappa shape index (κ3) is 3.84. The highest BCUT2D eigenvalue weighted by molar-refractivity contribution is 6.30. The lowest BCUT2D eigenvalue weighted by Gasteiger charge is -1.97. The molecular formula is C10H9ClN2O4. The van der Waals surface area contributed by atoms with Gasteiger partial charge in [-0.25, -0.2) is 4.98 Å². The van der Waals surface area contributed by atoms with Crippen molar-refractivity contribution in [3.8, 4) is 0 Å². The normalized spacial score (nSPS) is 10.5. The number of hydrogen-bond acceptors (Lipinski definition) is 5. The summed E-state index contributed by atoms with van der Waals surface area (Å²) in [6.07, 6.45) is 4.12. The van der Waals surface area contributed by atoms with Crippen LogP contribution in [0.15, 0.2) is 18.3 Å². The van der Waals surface area contributed by atoms with Crippen LogP contribution in [0.1, 0.15) is 12.0 Å². The van der Waals surface area contributed by atoms with Crippen LogP contribution < -0.4 is 0 Å². The van der Waals surface area contributed by atoms with Crippen molar-refractivity contribution in [2.45, 2.75) is 6.42 Å². The van der Waals surface area contributed by atoms with E-state index < -0.39 is 10.9 Å². The van der Waals surface area contributed by atoms with E-state index >= 15 is 0 Å². The standard InChI is InChI=1S/C10H9ClN2O4/c1-17-9(14)4-2-3-7-5-8(13(15)16)6-12-10(7)11/h2-3,5-6H,4H2,1H3. The molecule has 0 aliphatic heterocycles. The SMILES string of the molecule is COC(=O)CC=Cc1cc([N+](=O)[O-])cnc1Cl. The summed E-state index contributed by atoms with van der Waals surface area (Å²) < 4.78 is 4.43. The van der Waals surface area contributed by atoms with E-state index in [1.807, 2.05) is 0 Å². The first kappa shape index (κ1) is 13.1. The first-order valence-corrected chi connectivity index (χ1v) is 4.95. The Bertz CT molecular complexity index is 473. The summed E-state index contributed by atoms with van der Waals surface area (Å²) in [5, 5.41) is 10.7. The van der Waals surface area contributed by atoms with Crippen LogP contribution >= 0.6 is 11.6 Å². The Morgan fingerprint density at radius 1 is 1.71 bits per heavy atom. The smallest absolute Gasteiger partial charge is 0.309 e. The second-order valence-electron chi connectivity index (χ2n) is 3.01. The average molecular weight is 257 g/mol. The summed E-state index contributed by atoms with van der Waals surface area (Å²) in [7, 11) is 1.28. The van der Waals surface area contributed by atoms with Gasteiger partial charge in [0.2, 0.25) is 0 Å². The Hall–Kier alpha value is -1.95. The fraction of sp³-hybridized carbons (Fsp3) is 0.200. The molecule has 6 nitrogen and oxygen atoms in total. The van der Waals surface area contributed by atoms with Crippen molar-refractivity contribution < 1.29 is 14.5 Å². The zero-order valence-electron chi connectivity index (χ0n) is 8.92. The molecule has 0 aliphatic rings. The number of carbonyl (C=O) groups excluding carboxylic acids is 1. The lowest BCUT2D eigenvalue weighted by atomic mass is 10.2. The minimum absolute atomic E-state index is 0.0650. The minimum atomic E-state index is -0.568. The van der Waals surface area contributed by atoms with Crippen LogP contribution in [0.5, 0.6) is 0 Å². The Morgan fingerprint density at radius 3 is 3.00 bits per heavy atom. The van der Waals surface area contributed by atoms with Gasteiger partial charge in [0.25, 0.3) is 5.69 Å². The highest BCUT2D eigenvalue weighted by Crippen LogP contribution is 2.20. The molecule has 0 N–H and O–H groups in total. The number of nitrogens with zero attached hydrogens (tertiary/aromatic N) is 2. The van der Waals surface area contributed by atoms with Crippen LogP contribution in [0.25, 0.3) is 6.08 Å². The van der Waals surface area contributed by atoms with E-state index in [1.165, 1.54) is 25.3 Å². The van der Waals surface area contributed by atoms with Crippen molar-refractivity contribution >= 4 is 29.3 Å². The lowest BCUT2D eigenvalue weighted by molar-refractivity contribution is -0.385. The maximum atomic E-state index is 10.8. The van der Waals surface area contributed by atoms with Gasteiger partial charge in [0, 0.05) is 11.6 Å². The van der Waals surface area contributed by atoms with Gasteiger partial charge in [-0.1, -0.05) is 23.8 Å². The molecule has 0 aliphatic carbocycles. The van der Waals surface area contributed by atoms with E-state index in [0.29, 0.717) is 5.56 Å². The fourth-order valence-electron chi connectivity index (χ4n) is 1.04. The largest absolute Gasteiger partial charge is 0.469 e. The first-order chi connectivity index (χ1) is 8.04. The molecular weight excluding hydrogens is 248 g/mol. The lowest BCUT2D eigenvalue weighted by Crippen LogP contribution is -1.96. The molecule has 0 bridgehead atoms. The quantitative estimate of drug-likeness (QED) is 0.357. The summed E-state index contributed by atoms with van der Waals surface area (Å²) in [6, 6.07) is 1.28. The summed E-state index contributed by atoms with van der Waals surface area (Å²) in [6.45, 7) is 0. The van der Waals surface area contributed by atoms with Crippen molar-refractivity contribution in [3.05, 3.63) is 39.2 Å². The number of rotatable bonds is 4. The molecule has 0 aromatic carbocycles. The molecule has 0 unspecified atom stereocenters. The van der Waals surface area contributed by atoms with Crippen molar-refractivity contribution in [2.24, 2.45) is 0 Å². The van der Waals surface area contributed by atoms with Crippen LogP contribution in [0.4, 0.5) is 5.69 Å². The molecule has 7 heteroatoms. The van der Waals surface area contributed by atoms with Gasteiger partial charge in [-0.05, 0) is 0 Å². The van der Waals surface area contributed by atoms with Gasteiger partial charge in [0.1, 0.15) is 11.3 Å². The highest BCUT2D eigenvalue weighted by Gasteiger charge is 2.09. The Labute approximate surface area is 102 Å². The molecule has 17 heavy (non-hydrogen) atoms. The van der Waals surface area contributed by atoms with Gasteiger partial charge < -0.3 is 4.74 Å². The number of nitro groups is 1. The molecule has 0 radical (unpaired) electrons. The molecule has 1 aromatic heterocycles. The van der Waals surface area contributed by atoms with Gasteiger partial charge >= 0.3 is 5.97 Å². The molecule has 90 valence electrons. The summed E-state index contributed by atoms with van der Waals surface area (Å²) >= 11 is 5.75. The molecule has 0 saturated carbocycles. The number of methoxy groups -OCH3 is 1. The molecule has 0 amide bonds. The van der Waals surface area contributed by atoms with Gasteiger partial charge in [-0.2, -0.15) is 0 Å². The van der Waals surface area contributed by atoms with Crippen molar-refractivity contribution in [1.29, 1.82) is 0 Å². The van der Waals surface area contributed by atoms with Crippen molar-refractivity contribution in [1.82, 2.24) is 4.98 Å². The second-order valence-corrected chi connectivity index (χ2v) is 3.37. The fourth-order valence-corrected chi connectivity index (χ4v) is 1.20. The summed E-state index contributed by atoms with van der Waals surface area (Å²) in [4.78, 5) is 24.5. The number of ether oxygens (including phenoxy) is 1. The predicted molar refractivity (Wildman–Crippen MR) is 61.6 cm³/mol. The van der Waals surface area contributed by atoms with Gasteiger partial charge in [-0.3, -0.25) is 14.9 Å². The second kappa shape index (κ2) is 5.95. The molecule has 1 rings (SSSR count). The number of halogens is 1. The van der Waals surface area contributed by atoms with Crippen LogP contribution in [-0.4, -0.2) is 23.0 Å². The van der Waals surface area contributed by atoms with E-state index in [0.717, 1.165) is 6.20 Å². The van der Waals surface area contributed by atoms with Gasteiger partial charge in [0.05, 0.1) is 18.5 Å². The van der Waals surface area contributed by atoms with E-state index in [1.54, 1.807) is 0 Å². The van der Waals surface area contributed by atoms with Crippen molar-refractivity contribution in [2.75, 3.05) is 7.11 Å². The Morgan fingerprint density at radius 2 is 2.41 bits per heavy atom. The van der Waals surface area contributed by atoms with E-state index in [-0.39, 0.29) is 17.3 Å². The summed E-state index contributed by atoms with van der Waals surface area (Å²) in [5.74, 6) is -0.407. The third-order valence-corrected chi connectivity index (χ3v) is 2.19. The number of aromatic nitrogens is 1. The number of esters is 1. The topological polar surface area (TPSA) is 82.3 Å². The van der Waals surface area contributed by atoms with E-state index in [9.17, 15) is 14.9 Å². The first-order valence-electron chi connectivity index (χ1n) is 4.58. The monoisotopic (exact) mass is 256 g/mol. The maximum Gasteiger partial charge on any atom is 0.309 e. The van der Waals surface area contributed by atoms with Crippen molar-refractivity contribution in [3.63, 3.8) is 0 Å². The van der Waals surface area contributed by atoms with E-state index in [2.05, 4.69) is 9.72 Å². The molecule has 0 spiro atoms. The van der Waals surface area contributed by atoms with Crippen LogP contribution in [-0.2, 0) is 9.53 Å². The zero-order chi connectivity index (χ0) is 12.8. The van der Waals surface area contributed by atoms with Gasteiger partial charge in [-0.15, -0.1) is 0 Å². The predicted octanol–water partition coefficient (Wildman–Crippen LogP) is 2.22.